The quantitative estimate of drug-likeness (QED) is 0.237. The monoisotopic (exact) mass is 324 g/mol. The van der Waals surface area contributed by atoms with Crippen LogP contribution in [0, 0.1) is 10.1 Å². The molecule has 0 unspecified atom stereocenters. The van der Waals surface area contributed by atoms with Crippen LogP contribution in [0.4, 0.5) is 5.88 Å². The zero-order valence-electron chi connectivity index (χ0n) is 11.9. The zero-order chi connectivity index (χ0) is 17.1. The van der Waals surface area contributed by atoms with Gasteiger partial charge in [-0.2, -0.15) is 5.10 Å². The van der Waals surface area contributed by atoms with E-state index in [-0.39, 0.29) is 17.0 Å². The Hall–Kier alpha value is -3.91. The summed E-state index contributed by atoms with van der Waals surface area (Å²) in [6, 6.07) is 11.4. The van der Waals surface area contributed by atoms with Crippen LogP contribution >= 0.6 is 0 Å². The van der Waals surface area contributed by atoms with Gasteiger partial charge >= 0.3 is 5.88 Å². The minimum Gasteiger partial charge on any atom is -0.399 e. The summed E-state index contributed by atoms with van der Waals surface area (Å²) in [6.07, 6.45) is 1.37. The van der Waals surface area contributed by atoms with E-state index < -0.39 is 16.7 Å². The molecule has 118 valence electrons. The number of aromatic nitrogens is 2. The lowest BCUT2D eigenvalue weighted by atomic mass is 10.2. The lowest BCUT2D eigenvalue weighted by molar-refractivity contribution is -0.401. The lowest BCUT2D eigenvalue weighted by Crippen LogP contribution is -1.94. The maximum absolute atomic E-state index is 12.0. The van der Waals surface area contributed by atoms with Gasteiger partial charge in [0, 0.05) is 11.1 Å². The summed E-state index contributed by atoms with van der Waals surface area (Å²) in [5, 5.41) is 18.0. The van der Waals surface area contributed by atoms with Gasteiger partial charge in [0.25, 0.3) is 5.91 Å². The molecular formula is C14H8N6O4. The lowest BCUT2D eigenvalue weighted by Gasteiger charge is -1.98. The molecule has 0 atom stereocenters. The van der Waals surface area contributed by atoms with E-state index in [1.54, 1.807) is 24.3 Å². The number of amides is 1. The second kappa shape index (κ2) is 6.07. The fourth-order valence-electron chi connectivity index (χ4n) is 2.07. The van der Waals surface area contributed by atoms with Gasteiger partial charge in [0.15, 0.2) is 5.76 Å². The molecule has 0 aliphatic rings. The highest BCUT2D eigenvalue weighted by Crippen LogP contribution is 2.29. The minimum atomic E-state index is -0.867. The van der Waals surface area contributed by atoms with Crippen LogP contribution in [0.15, 0.2) is 58.2 Å². The molecular weight excluding hydrogens is 316 g/mol. The molecule has 24 heavy (non-hydrogen) atoms. The fourth-order valence-corrected chi connectivity index (χ4v) is 2.07. The van der Waals surface area contributed by atoms with Crippen molar-refractivity contribution in [3.8, 4) is 17.1 Å². The SMILES string of the molecule is [N-]=[N+]=NC(=O)c1cn(-c2ccccc2)nc1-c1ccc([N+](=O)[O-])o1. The molecule has 2 aromatic heterocycles. The van der Waals surface area contributed by atoms with Gasteiger partial charge in [-0.15, -0.1) is 0 Å². The first-order valence-corrected chi connectivity index (χ1v) is 6.59. The van der Waals surface area contributed by atoms with Gasteiger partial charge in [0.1, 0.15) is 10.6 Å². The summed E-state index contributed by atoms with van der Waals surface area (Å²) < 4.78 is 6.48. The molecule has 2 heterocycles. The van der Waals surface area contributed by atoms with Crippen molar-refractivity contribution in [2.75, 3.05) is 0 Å². The molecule has 0 saturated carbocycles. The summed E-state index contributed by atoms with van der Waals surface area (Å²) in [6.45, 7) is 0. The van der Waals surface area contributed by atoms with E-state index in [4.69, 9.17) is 9.95 Å². The number of nitro groups is 1. The zero-order valence-corrected chi connectivity index (χ0v) is 11.9. The van der Waals surface area contributed by atoms with Crippen molar-refractivity contribution in [3.05, 3.63) is 74.8 Å². The van der Waals surface area contributed by atoms with Crippen LogP contribution < -0.4 is 0 Å². The fraction of sp³-hybridized carbons (Fsp3) is 0. The van der Waals surface area contributed by atoms with E-state index in [1.807, 2.05) is 6.07 Å². The standard InChI is InChI=1S/C14H8N6O4/c15-18-16-14(21)10-8-19(9-4-2-1-3-5-9)17-13(10)11-6-7-12(24-11)20(22)23/h1-8H. The number of rotatable bonds is 4. The van der Waals surface area contributed by atoms with Crippen LogP contribution in [-0.4, -0.2) is 20.6 Å². The summed E-state index contributed by atoms with van der Waals surface area (Å²) in [4.78, 5) is 24.5. The molecule has 10 heteroatoms. The van der Waals surface area contributed by atoms with Crippen molar-refractivity contribution in [1.82, 2.24) is 9.78 Å². The van der Waals surface area contributed by atoms with E-state index in [1.165, 1.54) is 16.9 Å². The van der Waals surface area contributed by atoms with Gasteiger partial charge in [-0.25, -0.2) is 4.68 Å². The van der Waals surface area contributed by atoms with Crippen molar-refractivity contribution in [1.29, 1.82) is 0 Å². The maximum Gasteiger partial charge on any atom is 0.433 e. The molecule has 3 aromatic rings. The van der Waals surface area contributed by atoms with Crippen molar-refractivity contribution < 1.29 is 14.1 Å². The largest absolute Gasteiger partial charge is 0.433 e. The number of hydrogen-bond donors (Lipinski definition) is 0. The molecule has 0 N–H and O–H groups in total. The molecule has 1 aromatic carbocycles. The van der Waals surface area contributed by atoms with Gasteiger partial charge in [-0.3, -0.25) is 14.9 Å². The van der Waals surface area contributed by atoms with Crippen molar-refractivity contribution in [2.45, 2.75) is 0 Å². The first-order chi connectivity index (χ1) is 11.6. The molecule has 3 rings (SSSR count). The average molecular weight is 324 g/mol. The van der Waals surface area contributed by atoms with Crippen LogP contribution in [0.1, 0.15) is 10.4 Å². The van der Waals surface area contributed by atoms with Gasteiger partial charge in [-0.05, 0) is 28.8 Å². The second-order valence-corrected chi connectivity index (χ2v) is 4.56. The molecule has 0 saturated heterocycles. The number of nitrogens with zero attached hydrogens (tertiary/aromatic N) is 6. The number of hydrogen-bond acceptors (Lipinski definition) is 5. The van der Waals surface area contributed by atoms with E-state index in [2.05, 4.69) is 15.1 Å². The first kappa shape index (κ1) is 15.0. The number of furan rings is 1. The van der Waals surface area contributed by atoms with Crippen molar-refractivity contribution in [3.63, 3.8) is 0 Å². The van der Waals surface area contributed by atoms with Crippen LogP contribution in [0.3, 0.4) is 0 Å². The van der Waals surface area contributed by atoms with E-state index in [0.717, 1.165) is 6.07 Å². The van der Waals surface area contributed by atoms with Crippen LogP contribution in [0.5, 0.6) is 0 Å². The minimum absolute atomic E-state index is 0.0212. The van der Waals surface area contributed by atoms with E-state index in [0.29, 0.717) is 5.69 Å². The molecule has 0 aliphatic carbocycles. The Kier molecular flexibility index (Phi) is 3.79. The molecule has 0 fully saturated rings. The van der Waals surface area contributed by atoms with Gasteiger partial charge in [0.05, 0.1) is 17.3 Å². The number of para-hydroxylation sites is 1. The van der Waals surface area contributed by atoms with Gasteiger partial charge in [-0.1, -0.05) is 18.2 Å². The molecule has 0 bridgehead atoms. The smallest absolute Gasteiger partial charge is 0.399 e. The number of carbonyl (C=O) groups is 1. The summed E-state index contributed by atoms with van der Waals surface area (Å²) >= 11 is 0. The Morgan fingerprint density at radius 2 is 2.04 bits per heavy atom. The average Bonchev–Trinajstić information content (AvgIpc) is 3.23. The highest BCUT2D eigenvalue weighted by molar-refractivity contribution is 6.00. The molecule has 10 nitrogen and oxygen atoms in total. The third kappa shape index (κ3) is 2.72. The summed E-state index contributed by atoms with van der Waals surface area (Å²) in [7, 11) is 0. The predicted molar refractivity (Wildman–Crippen MR) is 81.4 cm³/mol. The van der Waals surface area contributed by atoms with Crippen molar-refractivity contribution >= 4 is 11.8 Å². The summed E-state index contributed by atoms with van der Waals surface area (Å²) in [5.74, 6) is -1.33. The topological polar surface area (TPSA) is 140 Å². The van der Waals surface area contributed by atoms with Crippen LogP contribution in [0.2, 0.25) is 0 Å². The van der Waals surface area contributed by atoms with E-state index in [9.17, 15) is 14.9 Å². The Labute approximate surface area is 133 Å². The number of benzene rings is 1. The second-order valence-electron chi connectivity index (χ2n) is 4.56. The van der Waals surface area contributed by atoms with Crippen LogP contribution in [0.25, 0.3) is 27.6 Å². The highest BCUT2D eigenvalue weighted by atomic mass is 16.6. The molecule has 1 amide bonds. The maximum atomic E-state index is 12.0. The normalized spacial score (nSPS) is 10.2. The molecule has 0 radical (unpaired) electrons. The highest BCUT2D eigenvalue weighted by Gasteiger charge is 2.22. The first-order valence-electron chi connectivity index (χ1n) is 6.59. The third-order valence-corrected chi connectivity index (χ3v) is 3.11. The Balaban J connectivity index is 2.15. The Bertz CT molecular complexity index is 968. The number of azide groups is 1. The van der Waals surface area contributed by atoms with E-state index >= 15 is 0 Å². The van der Waals surface area contributed by atoms with Gasteiger partial charge in [0.2, 0.25) is 0 Å². The molecule has 0 aliphatic heterocycles. The predicted octanol–water partition coefficient (Wildman–Crippen LogP) is 3.49. The summed E-state index contributed by atoms with van der Waals surface area (Å²) in [5.41, 5.74) is 9.13. The number of carbonyl (C=O) groups excluding carboxylic acids is 1. The van der Waals surface area contributed by atoms with Crippen molar-refractivity contribution in [2.24, 2.45) is 5.11 Å². The van der Waals surface area contributed by atoms with Gasteiger partial charge < -0.3 is 4.42 Å². The third-order valence-electron chi connectivity index (χ3n) is 3.11. The Morgan fingerprint density at radius 1 is 1.29 bits per heavy atom. The van der Waals surface area contributed by atoms with Crippen LogP contribution in [-0.2, 0) is 0 Å². The Morgan fingerprint density at radius 3 is 2.67 bits per heavy atom. The molecule has 0 spiro atoms.